The predicted octanol–water partition coefficient (Wildman–Crippen LogP) is 2.19. The third-order valence-corrected chi connectivity index (χ3v) is 4.20. The van der Waals surface area contributed by atoms with Crippen LogP contribution in [0.15, 0.2) is 30.3 Å². The molecule has 2 nitrogen and oxygen atoms in total. The summed E-state index contributed by atoms with van der Waals surface area (Å²) in [6, 6.07) is 9.71. The molecule has 0 amide bonds. The van der Waals surface area contributed by atoms with Gasteiger partial charge in [-0.3, -0.25) is 0 Å². The molecule has 0 aliphatic carbocycles. The van der Waals surface area contributed by atoms with Gasteiger partial charge in [-0.15, -0.1) is 0 Å². The molecule has 1 unspecified atom stereocenters. The van der Waals surface area contributed by atoms with Crippen LogP contribution in [0, 0.1) is 0 Å². The van der Waals surface area contributed by atoms with Crippen molar-refractivity contribution >= 4 is 28.3 Å². The van der Waals surface area contributed by atoms with Gasteiger partial charge in [-0.2, -0.15) is 0 Å². The van der Waals surface area contributed by atoms with E-state index >= 15 is 0 Å². The van der Waals surface area contributed by atoms with Crippen molar-refractivity contribution in [1.82, 2.24) is 4.90 Å². The molecule has 1 atom stereocenters. The Balaban J connectivity index is 2.38. The van der Waals surface area contributed by atoms with Crippen LogP contribution in [-0.4, -0.2) is 26.6 Å². The predicted molar refractivity (Wildman–Crippen MR) is 67.8 cm³/mol. The van der Waals surface area contributed by atoms with Gasteiger partial charge in [-0.05, 0) is 6.92 Å². The Kier molecular flexibility index (Phi) is 3.00. The second kappa shape index (κ2) is 4.12. The van der Waals surface area contributed by atoms with E-state index in [1.807, 2.05) is 42.2 Å². The summed E-state index contributed by atoms with van der Waals surface area (Å²) >= 11 is 6.76. The van der Waals surface area contributed by atoms with Crippen molar-refractivity contribution in [3.05, 3.63) is 35.9 Å². The Hall–Kier alpha value is -0.580. The van der Waals surface area contributed by atoms with Crippen molar-refractivity contribution in [2.45, 2.75) is 12.6 Å². The molecule has 0 bridgehead atoms. The van der Waals surface area contributed by atoms with Gasteiger partial charge in [-0.25, -0.2) is 0 Å². The molecule has 1 N–H and O–H groups in total. The first-order valence-corrected chi connectivity index (χ1v) is 6.30. The van der Waals surface area contributed by atoms with E-state index in [1.54, 1.807) is 0 Å². The summed E-state index contributed by atoms with van der Waals surface area (Å²) in [7, 11) is 0. The second-order valence-electron chi connectivity index (χ2n) is 3.48. The van der Waals surface area contributed by atoms with E-state index in [0.717, 1.165) is 16.4 Å². The van der Waals surface area contributed by atoms with Gasteiger partial charge in [0.05, 0.1) is 5.75 Å². The van der Waals surface area contributed by atoms with Crippen molar-refractivity contribution in [2.24, 2.45) is 0 Å². The smallest absolute Gasteiger partial charge is 0.175 e. The Bertz CT molecular complexity index is 368. The summed E-state index contributed by atoms with van der Waals surface area (Å²) in [4.78, 5) is 1.88. The maximum Gasteiger partial charge on any atom is 0.175 e. The minimum atomic E-state index is -0.919. The lowest BCUT2D eigenvalue weighted by Crippen LogP contribution is -2.44. The molecule has 1 saturated heterocycles. The molecule has 1 heterocycles. The molecule has 15 heavy (non-hydrogen) atoms. The van der Waals surface area contributed by atoms with Crippen LogP contribution < -0.4 is 0 Å². The van der Waals surface area contributed by atoms with E-state index in [1.165, 1.54) is 11.8 Å². The molecular weight excluding hydrogens is 226 g/mol. The molecule has 1 aliphatic heterocycles. The van der Waals surface area contributed by atoms with Gasteiger partial charge in [0.2, 0.25) is 0 Å². The van der Waals surface area contributed by atoms with Crippen molar-refractivity contribution in [3.63, 3.8) is 0 Å². The molecule has 0 radical (unpaired) electrons. The van der Waals surface area contributed by atoms with Gasteiger partial charge in [0.15, 0.2) is 5.72 Å². The molecule has 4 heteroatoms. The largest absolute Gasteiger partial charge is 0.366 e. The average Bonchev–Trinajstić information content (AvgIpc) is 2.57. The quantitative estimate of drug-likeness (QED) is 0.799. The SMILES string of the molecule is CCN1C(=S)SCC1(O)c1ccccc1. The molecular formula is C11H13NOS2. The molecule has 0 aromatic heterocycles. The van der Waals surface area contributed by atoms with E-state index in [9.17, 15) is 5.11 Å². The number of hydrogen-bond donors (Lipinski definition) is 1. The topological polar surface area (TPSA) is 23.5 Å². The highest BCUT2D eigenvalue weighted by Crippen LogP contribution is 2.38. The first-order chi connectivity index (χ1) is 7.18. The molecule has 1 fully saturated rings. The third-order valence-electron chi connectivity index (χ3n) is 2.62. The molecule has 80 valence electrons. The lowest BCUT2D eigenvalue weighted by atomic mass is 10.0. The lowest BCUT2D eigenvalue weighted by Gasteiger charge is -2.33. The molecule has 1 aromatic carbocycles. The third kappa shape index (κ3) is 1.77. The van der Waals surface area contributed by atoms with E-state index < -0.39 is 5.72 Å². The fourth-order valence-electron chi connectivity index (χ4n) is 1.80. The second-order valence-corrected chi connectivity index (χ2v) is 5.09. The number of aliphatic hydroxyl groups is 1. The van der Waals surface area contributed by atoms with Crippen LogP contribution in [0.5, 0.6) is 0 Å². The minimum absolute atomic E-state index is 0.615. The van der Waals surface area contributed by atoms with Crippen molar-refractivity contribution in [1.29, 1.82) is 0 Å². The summed E-state index contributed by atoms with van der Waals surface area (Å²) < 4.78 is 0.781. The number of rotatable bonds is 2. The Morgan fingerprint density at radius 2 is 2.13 bits per heavy atom. The Labute approximate surface area is 99.3 Å². The number of hydrogen-bond acceptors (Lipinski definition) is 3. The van der Waals surface area contributed by atoms with Gasteiger partial charge in [-0.1, -0.05) is 54.3 Å². The van der Waals surface area contributed by atoms with Crippen LogP contribution in [0.3, 0.4) is 0 Å². The first-order valence-electron chi connectivity index (χ1n) is 4.91. The summed E-state index contributed by atoms with van der Waals surface area (Å²) in [5, 5.41) is 10.6. The number of thioether (sulfide) groups is 1. The number of thiocarbonyl (C=S) groups is 1. The molecule has 0 saturated carbocycles. The fourth-order valence-corrected chi connectivity index (χ4v) is 3.34. The van der Waals surface area contributed by atoms with E-state index in [0.29, 0.717) is 5.75 Å². The number of benzene rings is 1. The van der Waals surface area contributed by atoms with Crippen LogP contribution in [0.4, 0.5) is 0 Å². The maximum atomic E-state index is 10.6. The minimum Gasteiger partial charge on any atom is -0.366 e. The standard InChI is InChI=1S/C11H13NOS2/c1-2-12-10(14)15-8-11(12,13)9-6-4-3-5-7-9/h3-7,13H,2,8H2,1H3. The van der Waals surface area contributed by atoms with Crippen molar-refractivity contribution < 1.29 is 5.11 Å². The highest BCUT2D eigenvalue weighted by atomic mass is 32.2. The normalized spacial score (nSPS) is 26.0. The van der Waals surface area contributed by atoms with Gasteiger partial charge in [0, 0.05) is 12.1 Å². The van der Waals surface area contributed by atoms with Crippen molar-refractivity contribution in [2.75, 3.05) is 12.3 Å². The van der Waals surface area contributed by atoms with Gasteiger partial charge in [0.25, 0.3) is 0 Å². The van der Waals surface area contributed by atoms with Gasteiger partial charge >= 0.3 is 0 Å². The van der Waals surface area contributed by atoms with E-state index in [4.69, 9.17) is 12.2 Å². The summed E-state index contributed by atoms with van der Waals surface area (Å²) in [5.41, 5.74) is -0.00296. The van der Waals surface area contributed by atoms with Crippen LogP contribution >= 0.6 is 24.0 Å². The average molecular weight is 239 g/mol. The van der Waals surface area contributed by atoms with Gasteiger partial charge < -0.3 is 10.0 Å². The monoisotopic (exact) mass is 239 g/mol. The summed E-state index contributed by atoms with van der Waals surface area (Å²) in [6.45, 7) is 2.74. The van der Waals surface area contributed by atoms with Crippen LogP contribution in [0.2, 0.25) is 0 Å². The zero-order valence-electron chi connectivity index (χ0n) is 8.51. The number of nitrogens with zero attached hydrogens (tertiary/aromatic N) is 1. The zero-order chi connectivity index (χ0) is 10.9. The fraction of sp³-hybridized carbons (Fsp3) is 0.364. The molecule has 1 aromatic rings. The summed E-state index contributed by atoms with van der Waals surface area (Å²) in [5.74, 6) is 0.615. The van der Waals surface area contributed by atoms with Crippen LogP contribution in [-0.2, 0) is 5.72 Å². The molecule has 1 aliphatic rings. The molecule has 2 rings (SSSR count). The van der Waals surface area contributed by atoms with Crippen LogP contribution in [0.1, 0.15) is 12.5 Å². The first kappa shape index (κ1) is 10.9. The Morgan fingerprint density at radius 3 is 2.73 bits per heavy atom. The molecule has 0 spiro atoms. The van der Waals surface area contributed by atoms with E-state index in [-0.39, 0.29) is 0 Å². The lowest BCUT2D eigenvalue weighted by molar-refractivity contribution is -0.0440. The highest BCUT2D eigenvalue weighted by molar-refractivity contribution is 8.23. The highest BCUT2D eigenvalue weighted by Gasteiger charge is 2.42. The zero-order valence-corrected chi connectivity index (χ0v) is 10.1. The Morgan fingerprint density at radius 1 is 1.47 bits per heavy atom. The van der Waals surface area contributed by atoms with Crippen molar-refractivity contribution in [3.8, 4) is 0 Å². The van der Waals surface area contributed by atoms with Gasteiger partial charge in [0.1, 0.15) is 4.32 Å². The van der Waals surface area contributed by atoms with Crippen LogP contribution in [0.25, 0.3) is 0 Å². The maximum absolute atomic E-state index is 10.6. The summed E-state index contributed by atoms with van der Waals surface area (Å²) in [6.07, 6.45) is 0. The van der Waals surface area contributed by atoms with E-state index in [2.05, 4.69) is 0 Å².